The Kier molecular flexibility index (Phi) is 4.55. The van der Waals surface area contributed by atoms with E-state index >= 15 is 0 Å². The molecule has 1 heterocycles. The summed E-state index contributed by atoms with van der Waals surface area (Å²) in [6, 6.07) is -0.0665. The van der Waals surface area contributed by atoms with Crippen molar-refractivity contribution >= 4 is 5.91 Å². The van der Waals surface area contributed by atoms with Crippen LogP contribution in [0.5, 0.6) is 0 Å². The SMILES string of the molecule is CC(N)C(C)C(=O)N1CCN(C(C)(C)C)CC1. The van der Waals surface area contributed by atoms with Crippen molar-refractivity contribution in [2.24, 2.45) is 11.7 Å². The fourth-order valence-electron chi connectivity index (χ4n) is 2.11. The Morgan fingerprint density at radius 1 is 1.12 bits per heavy atom. The molecule has 0 aromatic heterocycles. The predicted octanol–water partition coefficient (Wildman–Crippen LogP) is 0.912. The van der Waals surface area contributed by atoms with E-state index < -0.39 is 0 Å². The zero-order valence-corrected chi connectivity index (χ0v) is 11.9. The maximum atomic E-state index is 12.1. The molecule has 0 aromatic rings. The maximum Gasteiger partial charge on any atom is 0.227 e. The molecule has 2 N–H and O–H groups in total. The van der Waals surface area contributed by atoms with Gasteiger partial charge in [-0.3, -0.25) is 9.69 Å². The van der Waals surface area contributed by atoms with Crippen LogP contribution in [0.1, 0.15) is 34.6 Å². The Balaban J connectivity index is 2.50. The largest absolute Gasteiger partial charge is 0.340 e. The van der Waals surface area contributed by atoms with Gasteiger partial charge in [-0.05, 0) is 27.7 Å². The lowest BCUT2D eigenvalue weighted by molar-refractivity contribution is -0.138. The van der Waals surface area contributed by atoms with Crippen LogP contribution in [0.2, 0.25) is 0 Å². The monoisotopic (exact) mass is 241 g/mol. The van der Waals surface area contributed by atoms with Gasteiger partial charge in [0.15, 0.2) is 0 Å². The lowest BCUT2D eigenvalue weighted by atomic mass is 10.0. The van der Waals surface area contributed by atoms with E-state index in [1.54, 1.807) is 0 Å². The fraction of sp³-hybridized carbons (Fsp3) is 0.923. The first-order chi connectivity index (χ1) is 7.73. The lowest BCUT2D eigenvalue weighted by Crippen LogP contribution is -2.56. The molecule has 1 aliphatic heterocycles. The maximum absolute atomic E-state index is 12.1. The Morgan fingerprint density at radius 2 is 1.59 bits per heavy atom. The Morgan fingerprint density at radius 3 is 1.94 bits per heavy atom. The Labute approximate surface area is 105 Å². The standard InChI is InChI=1S/C13H27N3O/c1-10(11(2)14)12(17)15-6-8-16(9-7-15)13(3,4)5/h10-11H,6-9,14H2,1-5H3. The molecule has 0 spiro atoms. The highest BCUT2D eigenvalue weighted by Gasteiger charge is 2.30. The molecule has 100 valence electrons. The van der Waals surface area contributed by atoms with E-state index in [4.69, 9.17) is 5.73 Å². The van der Waals surface area contributed by atoms with Gasteiger partial charge in [-0.25, -0.2) is 0 Å². The van der Waals surface area contributed by atoms with Crippen LogP contribution in [0.25, 0.3) is 0 Å². The van der Waals surface area contributed by atoms with E-state index in [2.05, 4.69) is 25.7 Å². The molecule has 1 aliphatic rings. The molecule has 1 saturated heterocycles. The van der Waals surface area contributed by atoms with Crippen LogP contribution in [-0.2, 0) is 4.79 Å². The van der Waals surface area contributed by atoms with Gasteiger partial charge in [0.1, 0.15) is 0 Å². The highest BCUT2D eigenvalue weighted by molar-refractivity contribution is 5.79. The minimum Gasteiger partial charge on any atom is -0.340 e. The van der Waals surface area contributed by atoms with Gasteiger partial charge in [-0.15, -0.1) is 0 Å². The summed E-state index contributed by atoms with van der Waals surface area (Å²) in [6.07, 6.45) is 0. The van der Waals surface area contributed by atoms with Crippen molar-refractivity contribution in [3.8, 4) is 0 Å². The number of carbonyl (C=O) groups excluding carboxylic acids is 1. The van der Waals surface area contributed by atoms with Crippen LogP contribution in [-0.4, -0.2) is 53.5 Å². The van der Waals surface area contributed by atoms with Crippen LogP contribution in [0.15, 0.2) is 0 Å². The normalized spacial score (nSPS) is 22.4. The number of piperazine rings is 1. The number of carbonyl (C=O) groups is 1. The molecule has 1 fully saturated rings. The number of nitrogens with two attached hydrogens (primary N) is 1. The second-order valence-electron chi connectivity index (χ2n) is 6.13. The van der Waals surface area contributed by atoms with Gasteiger partial charge in [0.05, 0.1) is 5.92 Å². The molecule has 2 atom stereocenters. The quantitative estimate of drug-likeness (QED) is 0.782. The van der Waals surface area contributed by atoms with E-state index in [-0.39, 0.29) is 23.4 Å². The summed E-state index contributed by atoms with van der Waals surface area (Å²) in [6.45, 7) is 14.0. The predicted molar refractivity (Wildman–Crippen MR) is 70.7 cm³/mol. The van der Waals surface area contributed by atoms with Crippen molar-refractivity contribution in [3.63, 3.8) is 0 Å². The summed E-state index contributed by atoms with van der Waals surface area (Å²) in [5.74, 6) is 0.129. The zero-order chi connectivity index (χ0) is 13.2. The van der Waals surface area contributed by atoms with E-state index in [1.165, 1.54) is 0 Å². The second kappa shape index (κ2) is 5.36. The van der Waals surface area contributed by atoms with Crippen molar-refractivity contribution in [3.05, 3.63) is 0 Å². The van der Waals surface area contributed by atoms with Crippen LogP contribution < -0.4 is 5.73 Å². The Bertz CT molecular complexity index is 262. The summed E-state index contributed by atoms with van der Waals surface area (Å²) in [5.41, 5.74) is 5.98. The van der Waals surface area contributed by atoms with Gasteiger partial charge in [-0.2, -0.15) is 0 Å². The average Bonchev–Trinajstić information content (AvgIpc) is 2.26. The third-order valence-electron chi connectivity index (χ3n) is 3.72. The molecule has 4 nitrogen and oxygen atoms in total. The molecule has 0 aromatic carbocycles. The molecule has 0 aliphatic carbocycles. The van der Waals surface area contributed by atoms with Gasteiger partial charge >= 0.3 is 0 Å². The number of nitrogens with zero attached hydrogens (tertiary/aromatic N) is 2. The molecule has 1 amide bonds. The smallest absolute Gasteiger partial charge is 0.227 e. The summed E-state index contributed by atoms with van der Waals surface area (Å²) in [4.78, 5) is 16.5. The highest BCUT2D eigenvalue weighted by Crippen LogP contribution is 2.17. The minimum absolute atomic E-state index is 0.0665. The summed E-state index contributed by atoms with van der Waals surface area (Å²) < 4.78 is 0. The van der Waals surface area contributed by atoms with E-state index in [0.29, 0.717) is 0 Å². The van der Waals surface area contributed by atoms with E-state index in [0.717, 1.165) is 26.2 Å². The van der Waals surface area contributed by atoms with Crippen LogP contribution in [0.4, 0.5) is 0 Å². The molecule has 2 unspecified atom stereocenters. The molecular weight excluding hydrogens is 214 g/mol. The van der Waals surface area contributed by atoms with Crippen LogP contribution in [0, 0.1) is 5.92 Å². The van der Waals surface area contributed by atoms with Crippen molar-refractivity contribution in [2.75, 3.05) is 26.2 Å². The summed E-state index contributed by atoms with van der Waals surface area (Å²) in [7, 11) is 0. The fourth-order valence-corrected chi connectivity index (χ4v) is 2.11. The molecule has 17 heavy (non-hydrogen) atoms. The topological polar surface area (TPSA) is 49.6 Å². The first-order valence-corrected chi connectivity index (χ1v) is 6.53. The van der Waals surface area contributed by atoms with Crippen molar-refractivity contribution in [2.45, 2.75) is 46.2 Å². The third-order valence-corrected chi connectivity index (χ3v) is 3.72. The van der Waals surface area contributed by atoms with E-state index in [9.17, 15) is 4.79 Å². The summed E-state index contributed by atoms with van der Waals surface area (Å²) in [5, 5.41) is 0. The molecule has 4 heteroatoms. The first kappa shape index (κ1) is 14.5. The van der Waals surface area contributed by atoms with Gasteiger partial charge in [0.2, 0.25) is 5.91 Å². The third kappa shape index (κ3) is 3.68. The van der Waals surface area contributed by atoms with Crippen LogP contribution >= 0.6 is 0 Å². The van der Waals surface area contributed by atoms with Gasteiger partial charge in [0.25, 0.3) is 0 Å². The number of amides is 1. The van der Waals surface area contributed by atoms with Gasteiger partial charge < -0.3 is 10.6 Å². The number of rotatable bonds is 2. The molecule has 0 bridgehead atoms. The molecule has 0 saturated carbocycles. The minimum atomic E-state index is -0.0730. The zero-order valence-electron chi connectivity index (χ0n) is 11.9. The number of hydrogen-bond acceptors (Lipinski definition) is 3. The first-order valence-electron chi connectivity index (χ1n) is 6.53. The lowest BCUT2D eigenvalue weighted by Gasteiger charge is -2.43. The number of hydrogen-bond donors (Lipinski definition) is 1. The average molecular weight is 241 g/mol. The van der Waals surface area contributed by atoms with E-state index in [1.807, 2.05) is 18.7 Å². The Hall–Kier alpha value is -0.610. The van der Waals surface area contributed by atoms with Crippen molar-refractivity contribution in [1.29, 1.82) is 0 Å². The van der Waals surface area contributed by atoms with Crippen LogP contribution in [0.3, 0.4) is 0 Å². The highest BCUT2D eigenvalue weighted by atomic mass is 16.2. The molecule has 0 radical (unpaired) electrons. The van der Waals surface area contributed by atoms with Crippen molar-refractivity contribution < 1.29 is 4.79 Å². The molecule has 1 rings (SSSR count). The second-order valence-corrected chi connectivity index (χ2v) is 6.13. The van der Waals surface area contributed by atoms with Gasteiger partial charge in [0, 0.05) is 37.8 Å². The summed E-state index contributed by atoms with van der Waals surface area (Å²) >= 11 is 0. The van der Waals surface area contributed by atoms with Crippen molar-refractivity contribution in [1.82, 2.24) is 9.80 Å². The molecular formula is C13H27N3O. The van der Waals surface area contributed by atoms with Gasteiger partial charge in [-0.1, -0.05) is 6.92 Å².